The van der Waals surface area contributed by atoms with E-state index in [0.29, 0.717) is 150 Å². The van der Waals surface area contributed by atoms with Gasteiger partial charge in [0.25, 0.3) is 0 Å². The number of rotatable bonds is 73. The van der Waals surface area contributed by atoms with Crippen molar-refractivity contribution in [1.82, 2.24) is 29.4 Å². The molecule has 0 unspecified atom stereocenters. The fourth-order valence-corrected chi connectivity index (χ4v) is 30.6. The van der Waals surface area contributed by atoms with Gasteiger partial charge in [-0.1, -0.05) is 0 Å². The smallest absolute Gasteiger partial charge is 0.390 e. The lowest BCUT2D eigenvalue weighted by molar-refractivity contribution is 0.0689. The molecule has 0 aromatic heterocycles. The van der Waals surface area contributed by atoms with Gasteiger partial charge in [0, 0.05) is 256 Å². The highest BCUT2D eigenvalue weighted by molar-refractivity contribution is 6.63. The summed E-state index contributed by atoms with van der Waals surface area (Å²) in [5.41, 5.74) is 31.6. The van der Waals surface area contributed by atoms with E-state index in [1.54, 1.807) is 97.2 Å². The van der Waals surface area contributed by atoms with Crippen LogP contribution in [-0.4, -0.2) is 520 Å². The quantitative estimate of drug-likeness (QED) is 0.0379. The van der Waals surface area contributed by atoms with Gasteiger partial charge in [0.05, 0.1) is 0 Å². The van der Waals surface area contributed by atoms with Gasteiger partial charge in [0.1, 0.15) is 0 Å². The van der Waals surface area contributed by atoms with Crippen LogP contribution in [0.1, 0.15) is 129 Å². The summed E-state index contributed by atoms with van der Waals surface area (Å²) in [6, 6.07) is 6.61. The van der Waals surface area contributed by atoms with Crippen LogP contribution in [0, 0.1) is 0 Å². The average Bonchev–Trinajstić information content (AvgIpc) is 0.883. The lowest BCUT2D eigenvalue weighted by Gasteiger charge is -2.29. The van der Waals surface area contributed by atoms with Crippen molar-refractivity contribution in [2.24, 2.45) is 34.4 Å². The van der Waals surface area contributed by atoms with Crippen LogP contribution in [0.15, 0.2) is 0 Å². The fourth-order valence-electron chi connectivity index (χ4n) is 10.8. The predicted octanol–water partition coefficient (Wildman–Crippen LogP) is 1.06. The van der Waals surface area contributed by atoms with E-state index >= 15 is 0 Å². The second kappa shape index (κ2) is 106. The highest BCUT2D eigenvalue weighted by Gasteiger charge is 2.45. The Morgan fingerprint density at radius 1 is 0.158 bits per heavy atom. The molecule has 0 amide bonds. The summed E-state index contributed by atoms with van der Waals surface area (Å²) in [7, 11) is 7.63. The molecule has 858 valence electrons. The largest absolute Gasteiger partial charge is 0.502 e. The van der Waals surface area contributed by atoms with Gasteiger partial charge >= 0.3 is 106 Å². The minimum Gasteiger partial charge on any atom is -0.390 e. The fraction of sp³-hybridized carbons (Fsp3) is 1.00. The molecule has 0 saturated carbocycles. The molecule has 0 aromatic rings. The van der Waals surface area contributed by atoms with Crippen molar-refractivity contribution < 1.29 is 164 Å². The van der Waals surface area contributed by atoms with Crippen LogP contribution in [0.4, 0.5) is 0 Å². The van der Waals surface area contributed by atoms with Gasteiger partial charge < -0.3 is 228 Å². The lowest BCUT2D eigenvalue weighted by Crippen LogP contribution is -2.47. The molecule has 0 radical (unpaired) electrons. The summed E-state index contributed by atoms with van der Waals surface area (Å²) in [5.74, 6) is 0. The van der Waals surface area contributed by atoms with Crippen LogP contribution < -0.4 is 34.4 Å². The van der Waals surface area contributed by atoms with Crippen molar-refractivity contribution >= 4 is 106 Å². The molecule has 139 heavy (non-hydrogen) atoms. The Bertz CT molecular complexity index is 2320. The van der Waals surface area contributed by atoms with Crippen LogP contribution in [0.3, 0.4) is 0 Å². The third-order valence-corrected chi connectivity index (χ3v) is 45.1. The van der Waals surface area contributed by atoms with Crippen molar-refractivity contribution in [2.75, 3.05) is 327 Å². The van der Waals surface area contributed by atoms with Crippen molar-refractivity contribution in [1.29, 1.82) is 0 Å². The van der Waals surface area contributed by atoms with Crippen molar-refractivity contribution in [3.63, 3.8) is 0 Å². The van der Waals surface area contributed by atoms with Crippen molar-refractivity contribution in [3.8, 4) is 0 Å². The van der Waals surface area contributed by atoms with E-state index in [1.165, 1.54) is 0 Å². The first-order chi connectivity index (χ1) is 64.8. The number of hydrogen-bond donors (Lipinski definition) is 18. The molecule has 0 aromatic carbocycles. The zero-order valence-corrected chi connectivity index (χ0v) is 106. The first kappa shape index (κ1) is 165. The van der Waals surface area contributed by atoms with E-state index in [9.17, 15) is 0 Å². The minimum absolute atomic E-state index is 0.0451. The number of nitrogens with two attached hydrogens (primary N) is 6. The van der Waals surface area contributed by atoms with Gasteiger partial charge in [0.15, 0.2) is 0 Å². The normalized spacial score (nSPS) is 12.3. The summed E-state index contributed by atoms with van der Waals surface area (Å²) in [4.78, 5) is 113. The van der Waals surface area contributed by atoms with Crippen LogP contribution in [0.25, 0.3) is 0 Å². The summed E-state index contributed by atoms with van der Waals surface area (Å²) in [6.07, 6.45) is 4.96. The topological polar surface area (TPSA) is 640 Å². The van der Waals surface area contributed by atoms with Gasteiger partial charge in [0.2, 0.25) is 0 Å². The minimum atomic E-state index is -3.78. The molecule has 0 bridgehead atoms. The van der Waals surface area contributed by atoms with Crippen LogP contribution in [0.5, 0.6) is 0 Å². The maximum Gasteiger partial charge on any atom is 0.502 e. The zero-order valence-electron chi connectivity index (χ0n) is 93.7. The standard InChI is InChI=1S/C11H27NO3Si.C10H25NO3Si.C9H23NO3Si.3C8H21NO3Si.C6H17NO3Si.2C5H15NO3Si.C4H13NO3Si.C3H11NO3Si.C2H9NO3Si/c1-6-13-16(14-7-2,15-8-3)11-9-10-12(4)5;1-6-12-15(13-7-2,14-8-3)10-9-11(4)5;1-4-11-14(12-5-2,13-6-3)9-7-8-10;1-9(2)7-6-8-13(10-3,11-4)12-5;1-6-12-13(10-4,11-5)8-7-9(2)3;1-4-10-13(8-7-9,11-5-2)12-6-3;1-8-11(9-2,10-3)6-4-5-7;1-7-10(8-2,9-3)5-4-6;1-6(2)4-3-5-10(7,8)9;1-5(2)3-4-9(6,7)8;4-2-1-3-8(5,6)7;3-1-2-7(4,5)6/h6-11H2,1-5H3;6-10H2,1-5H3;4-10H2,1-3H3;2*6-8H2,1-5H3;4-9H2,1-3H3;4-7H2,1-3H3;4-6H2,1-3H3;7-9H,3-5H2,1-2H3;6-8H,3-4H2,1-2H3;5-7H,1-4H2;4-6H,1-3H2. The van der Waals surface area contributed by atoms with Crippen LogP contribution in [-0.2, 0) is 106 Å². The van der Waals surface area contributed by atoms with Gasteiger partial charge in [-0.05, 0) is 272 Å². The molecule has 48 nitrogen and oxygen atoms in total. The van der Waals surface area contributed by atoms with E-state index < -0.39 is 106 Å². The Balaban J connectivity index is -0.000000127. The highest BCUT2D eigenvalue weighted by Crippen LogP contribution is 2.23. The van der Waals surface area contributed by atoms with Crippen molar-refractivity contribution in [2.45, 2.75) is 201 Å². The predicted molar refractivity (Wildman–Crippen MR) is 575 cm³/mol. The average molecular weight is 2250 g/mol. The third kappa shape index (κ3) is 113. The molecule has 0 aliphatic carbocycles. The molecule has 0 spiro atoms. The molecule has 24 N–H and O–H groups in total. The Morgan fingerprint density at radius 2 is 0.302 bits per heavy atom. The Hall–Kier alpha value is 0.683. The first-order valence-corrected chi connectivity index (χ1v) is 71.6. The molecule has 0 rings (SSSR count). The van der Waals surface area contributed by atoms with Crippen molar-refractivity contribution in [3.05, 3.63) is 0 Å². The first-order valence-electron chi connectivity index (χ1n) is 48.0. The molecule has 60 heteroatoms. The molecule has 0 heterocycles. The van der Waals surface area contributed by atoms with Gasteiger partial charge in [-0.3, -0.25) is 0 Å². The molecule has 0 fully saturated rings. The second-order valence-electron chi connectivity index (χ2n) is 31.1. The molecule has 0 aliphatic heterocycles. The summed E-state index contributed by atoms with van der Waals surface area (Å²) >= 11 is 0. The maximum atomic E-state index is 8.56. The highest BCUT2D eigenvalue weighted by atomic mass is 28.4. The van der Waals surface area contributed by atoms with E-state index in [4.69, 9.17) is 198 Å². The Labute approximate surface area is 856 Å². The van der Waals surface area contributed by atoms with Gasteiger partial charge in [-0.15, -0.1) is 0 Å². The number of nitrogens with zero attached hydrogens (tertiary/aromatic N) is 6. The van der Waals surface area contributed by atoms with Crippen LogP contribution >= 0.6 is 0 Å². The van der Waals surface area contributed by atoms with Gasteiger partial charge in [-0.25, -0.2) is 0 Å². The van der Waals surface area contributed by atoms with E-state index in [0.717, 1.165) is 94.7 Å². The Kier molecular flexibility index (Phi) is 125. The number of hydrogen-bond acceptors (Lipinski definition) is 48. The zero-order chi connectivity index (χ0) is 111. The molecule has 0 atom stereocenters. The monoisotopic (exact) mass is 2250 g/mol. The van der Waals surface area contributed by atoms with E-state index in [-0.39, 0.29) is 30.7 Å². The van der Waals surface area contributed by atoms with E-state index in [2.05, 4.69) is 47.8 Å². The summed E-state index contributed by atoms with van der Waals surface area (Å²) in [6.45, 7) is 42.0. The molecular weight excluding hydrogens is 2030 g/mol. The lowest BCUT2D eigenvalue weighted by atomic mass is 10.5. The van der Waals surface area contributed by atoms with Crippen LogP contribution in [0.2, 0.25) is 72.5 Å². The van der Waals surface area contributed by atoms with E-state index in [1.807, 2.05) is 137 Å². The second-order valence-corrected chi connectivity index (χ2v) is 62.5. The maximum absolute atomic E-state index is 8.56. The molecular formula is C79H218N12O36Si12. The summed E-state index contributed by atoms with van der Waals surface area (Å²) < 4.78 is 131. The van der Waals surface area contributed by atoms with Gasteiger partial charge in [-0.2, -0.15) is 0 Å². The SMILES string of the molecule is CCO[Si](CCCN(C)C)(OCC)OCC.CCO[Si](CCCN)(OCC)OCC.CCO[Si](CCN(C)C)(OC)OC.CCO[Si](CCN(C)C)(OCC)OCC.CCO[Si](CCN)(OCC)OCC.CN(C)CCC[Si](O)(O)O.CN(C)CC[Si](O)(O)O.CO[Si](CCCN(C)C)(OC)OC.CO[Si](CCCN)(OC)OC.CO[Si](CCN)(OC)OC.NCCC[Si](O)(O)O.NCC[Si](O)(O)O. The summed E-state index contributed by atoms with van der Waals surface area (Å²) in [5, 5.41) is 0. The third-order valence-electron chi connectivity index (χ3n) is 17.5. The molecule has 0 aliphatic rings. The Morgan fingerprint density at radius 3 is 0.468 bits per heavy atom. The molecule has 0 saturated heterocycles.